The molecule has 3 aromatic rings. The van der Waals surface area contributed by atoms with Crippen LogP contribution in [0.5, 0.6) is 0 Å². The Bertz CT molecular complexity index is 647. The van der Waals surface area contributed by atoms with E-state index in [1.165, 1.54) is 4.88 Å². The zero-order valence-corrected chi connectivity index (χ0v) is 11.0. The summed E-state index contributed by atoms with van der Waals surface area (Å²) in [5.74, 6) is 6.61. The highest BCUT2D eigenvalue weighted by atomic mass is 32.1. The predicted octanol–water partition coefficient (Wildman–Crippen LogP) is 2.65. The Kier molecular flexibility index (Phi) is 3.09. The Morgan fingerprint density at radius 2 is 2.11 bits per heavy atom. The summed E-state index contributed by atoms with van der Waals surface area (Å²) in [6, 6.07) is 6.14. The van der Waals surface area contributed by atoms with Crippen LogP contribution < -0.4 is 16.6 Å². The lowest BCUT2D eigenvalue weighted by Gasteiger charge is -2.07. The van der Waals surface area contributed by atoms with Crippen LogP contribution in [0, 0.1) is 0 Å². The lowest BCUT2D eigenvalue weighted by Crippen LogP contribution is -2.11. The molecule has 0 aliphatic heterocycles. The Morgan fingerprint density at radius 1 is 1.17 bits per heavy atom. The topological polar surface area (TPSA) is 75.9 Å². The number of aromatic nitrogens is 2. The average molecular weight is 277 g/mol. The fourth-order valence-corrected chi connectivity index (χ4v) is 3.05. The monoisotopic (exact) mass is 277 g/mol. The van der Waals surface area contributed by atoms with Gasteiger partial charge in [0.1, 0.15) is 10.6 Å². The molecule has 3 rings (SSSR count). The molecule has 0 saturated heterocycles. The highest BCUT2D eigenvalue weighted by Crippen LogP contribution is 2.26. The van der Waals surface area contributed by atoms with Crippen molar-refractivity contribution in [2.45, 2.75) is 6.54 Å². The van der Waals surface area contributed by atoms with Crippen LogP contribution in [0.1, 0.15) is 4.88 Å². The molecule has 0 aliphatic carbocycles. The summed E-state index contributed by atoms with van der Waals surface area (Å²) in [4.78, 5) is 10.8. The van der Waals surface area contributed by atoms with Crippen molar-refractivity contribution in [1.29, 1.82) is 0 Å². The van der Waals surface area contributed by atoms with Gasteiger partial charge < -0.3 is 5.32 Å². The third-order valence-electron chi connectivity index (χ3n) is 2.46. The van der Waals surface area contributed by atoms with Crippen LogP contribution in [-0.2, 0) is 6.54 Å². The second-order valence-electron chi connectivity index (χ2n) is 3.61. The van der Waals surface area contributed by atoms with Gasteiger partial charge in [0.25, 0.3) is 0 Å². The molecule has 0 aliphatic rings. The van der Waals surface area contributed by atoms with E-state index in [9.17, 15) is 0 Å². The van der Waals surface area contributed by atoms with E-state index in [0.717, 1.165) is 22.6 Å². The lowest BCUT2D eigenvalue weighted by atomic mass is 10.3. The largest absolute Gasteiger partial charge is 0.364 e. The smallest absolute Gasteiger partial charge is 0.240 e. The molecule has 0 amide bonds. The quantitative estimate of drug-likeness (QED) is 0.505. The average Bonchev–Trinajstić information content (AvgIpc) is 3.06. The van der Waals surface area contributed by atoms with Gasteiger partial charge in [-0.15, -0.1) is 22.7 Å². The van der Waals surface area contributed by atoms with E-state index in [2.05, 4.69) is 32.2 Å². The fourth-order valence-electron chi connectivity index (χ4n) is 1.64. The van der Waals surface area contributed by atoms with E-state index in [1.54, 1.807) is 22.7 Å². The first-order chi connectivity index (χ1) is 8.86. The summed E-state index contributed by atoms with van der Waals surface area (Å²) in [6.45, 7) is 0.754. The number of hydrogen-bond acceptors (Lipinski definition) is 7. The second kappa shape index (κ2) is 4.89. The van der Waals surface area contributed by atoms with Crippen LogP contribution in [0.4, 0.5) is 11.8 Å². The SMILES string of the molecule is NNc1nc(NCc2cccs2)c2ccsc2n1. The highest BCUT2D eigenvalue weighted by Gasteiger charge is 2.08. The molecule has 0 unspecified atom stereocenters. The molecule has 92 valence electrons. The van der Waals surface area contributed by atoms with Crippen molar-refractivity contribution in [3.8, 4) is 0 Å². The molecule has 5 nitrogen and oxygen atoms in total. The Labute approximate surface area is 112 Å². The van der Waals surface area contributed by atoms with Crippen molar-refractivity contribution in [1.82, 2.24) is 9.97 Å². The molecule has 0 aromatic carbocycles. The lowest BCUT2D eigenvalue weighted by molar-refractivity contribution is 1.11. The van der Waals surface area contributed by atoms with Crippen molar-refractivity contribution < 1.29 is 0 Å². The van der Waals surface area contributed by atoms with Crippen molar-refractivity contribution >= 4 is 44.7 Å². The molecule has 4 N–H and O–H groups in total. The minimum Gasteiger partial charge on any atom is -0.364 e. The van der Waals surface area contributed by atoms with E-state index in [1.807, 2.05) is 17.5 Å². The Morgan fingerprint density at radius 3 is 2.89 bits per heavy atom. The van der Waals surface area contributed by atoms with E-state index >= 15 is 0 Å². The van der Waals surface area contributed by atoms with E-state index in [0.29, 0.717) is 5.95 Å². The zero-order valence-electron chi connectivity index (χ0n) is 9.38. The third kappa shape index (κ3) is 2.15. The number of nitrogen functional groups attached to an aromatic ring is 1. The minimum absolute atomic E-state index is 0.429. The highest BCUT2D eigenvalue weighted by molar-refractivity contribution is 7.16. The van der Waals surface area contributed by atoms with Gasteiger partial charge in [0.2, 0.25) is 5.95 Å². The van der Waals surface area contributed by atoms with Crippen molar-refractivity contribution in [3.05, 3.63) is 33.8 Å². The molecule has 0 atom stereocenters. The van der Waals surface area contributed by atoms with Gasteiger partial charge in [-0.3, -0.25) is 5.43 Å². The predicted molar refractivity (Wildman–Crippen MR) is 76.9 cm³/mol. The van der Waals surface area contributed by atoms with Gasteiger partial charge in [-0.25, -0.2) is 10.8 Å². The summed E-state index contributed by atoms with van der Waals surface area (Å²) in [5.41, 5.74) is 2.49. The number of hydrazine groups is 1. The minimum atomic E-state index is 0.429. The molecule has 3 aromatic heterocycles. The number of thiophene rings is 2. The molecule has 0 spiro atoms. The summed E-state index contributed by atoms with van der Waals surface area (Å²) >= 11 is 3.29. The summed E-state index contributed by atoms with van der Waals surface area (Å²) < 4.78 is 0. The molecule has 18 heavy (non-hydrogen) atoms. The first-order valence-electron chi connectivity index (χ1n) is 5.35. The normalized spacial score (nSPS) is 10.7. The summed E-state index contributed by atoms with van der Waals surface area (Å²) in [6.07, 6.45) is 0. The molecular formula is C11H11N5S2. The first kappa shape index (κ1) is 11.4. The second-order valence-corrected chi connectivity index (χ2v) is 5.54. The molecular weight excluding hydrogens is 266 g/mol. The van der Waals surface area contributed by atoms with Crippen LogP contribution in [0.2, 0.25) is 0 Å². The Balaban J connectivity index is 1.92. The maximum absolute atomic E-state index is 5.37. The molecule has 0 radical (unpaired) electrons. The zero-order chi connectivity index (χ0) is 12.4. The van der Waals surface area contributed by atoms with Crippen LogP contribution >= 0.6 is 22.7 Å². The van der Waals surface area contributed by atoms with Gasteiger partial charge in [-0.05, 0) is 22.9 Å². The van der Waals surface area contributed by atoms with Gasteiger partial charge in [0.05, 0.1) is 11.9 Å². The van der Waals surface area contributed by atoms with Crippen molar-refractivity contribution in [3.63, 3.8) is 0 Å². The van der Waals surface area contributed by atoms with Gasteiger partial charge in [0.15, 0.2) is 0 Å². The van der Waals surface area contributed by atoms with Gasteiger partial charge in [-0.2, -0.15) is 4.98 Å². The number of anilines is 2. The summed E-state index contributed by atoms with van der Waals surface area (Å²) in [5, 5.41) is 8.40. The maximum atomic E-state index is 5.37. The van der Waals surface area contributed by atoms with Crippen molar-refractivity contribution in [2.24, 2.45) is 5.84 Å². The van der Waals surface area contributed by atoms with Crippen LogP contribution in [0.15, 0.2) is 29.0 Å². The number of nitrogens with one attached hydrogen (secondary N) is 2. The van der Waals surface area contributed by atoms with E-state index in [4.69, 9.17) is 5.84 Å². The molecule has 0 fully saturated rings. The van der Waals surface area contributed by atoms with Gasteiger partial charge in [0, 0.05) is 4.88 Å². The van der Waals surface area contributed by atoms with Crippen molar-refractivity contribution in [2.75, 3.05) is 10.7 Å². The molecule has 7 heteroatoms. The van der Waals surface area contributed by atoms with Crippen LogP contribution in [0.25, 0.3) is 10.2 Å². The Hall–Kier alpha value is -1.70. The number of nitrogens with zero attached hydrogens (tertiary/aromatic N) is 2. The fraction of sp³-hybridized carbons (Fsp3) is 0.0909. The molecule has 3 heterocycles. The van der Waals surface area contributed by atoms with Crippen LogP contribution in [-0.4, -0.2) is 9.97 Å². The third-order valence-corrected chi connectivity index (χ3v) is 4.15. The number of hydrogen-bond donors (Lipinski definition) is 3. The molecule has 0 bridgehead atoms. The van der Waals surface area contributed by atoms with Gasteiger partial charge >= 0.3 is 0 Å². The number of nitrogens with two attached hydrogens (primary N) is 1. The number of fused-ring (bicyclic) bond motifs is 1. The van der Waals surface area contributed by atoms with E-state index < -0.39 is 0 Å². The van der Waals surface area contributed by atoms with Crippen LogP contribution in [0.3, 0.4) is 0 Å². The first-order valence-corrected chi connectivity index (χ1v) is 7.11. The van der Waals surface area contributed by atoms with Gasteiger partial charge in [-0.1, -0.05) is 6.07 Å². The standard InChI is InChI=1S/C11H11N5S2/c12-16-11-14-9(8-3-5-18-10(8)15-11)13-6-7-2-1-4-17-7/h1-5H,6,12H2,(H2,13,14,15,16). The number of rotatable bonds is 4. The molecule has 0 saturated carbocycles. The maximum Gasteiger partial charge on any atom is 0.240 e. The summed E-state index contributed by atoms with van der Waals surface area (Å²) in [7, 11) is 0. The van der Waals surface area contributed by atoms with E-state index in [-0.39, 0.29) is 0 Å².